The maximum atomic E-state index is 9.49. The molecule has 0 saturated carbocycles. The van der Waals surface area contributed by atoms with Crippen LogP contribution in [0.15, 0.2) is 4.99 Å². The fourth-order valence-corrected chi connectivity index (χ4v) is 0.339. The van der Waals surface area contributed by atoms with E-state index in [1.165, 1.54) is 6.08 Å². The van der Waals surface area contributed by atoms with Crippen LogP contribution in [0.4, 0.5) is 0 Å². The number of carbonyl (C=O) groups excluding carboxylic acids is 1. The number of halogens is 1. The summed E-state index contributed by atoms with van der Waals surface area (Å²) in [6.45, 7) is 2.42. The molecule has 3 heteroatoms. The van der Waals surface area contributed by atoms with Crippen LogP contribution in [0.2, 0.25) is 0 Å². The van der Waals surface area contributed by atoms with E-state index in [1.54, 1.807) is 0 Å². The zero-order valence-electron chi connectivity index (χ0n) is 4.72. The van der Waals surface area contributed by atoms with Gasteiger partial charge in [0.2, 0.25) is 6.08 Å². The molecule has 0 aliphatic carbocycles. The third-order valence-electron chi connectivity index (χ3n) is 0.731. The summed E-state index contributed by atoms with van der Waals surface area (Å²) in [6.07, 6.45) is 1.45. The Hall–Kier alpha value is -0.330. The molecule has 0 aliphatic heterocycles. The molecule has 0 spiro atoms. The Bertz CT molecular complexity index is 98.6. The van der Waals surface area contributed by atoms with Gasteiger partial charge in [0.15, 0.2) is 0 Å². The molecule has 0 aromatic heterocycles. The molecule has 46 valence electrons. The maximum Gasteiger partial charge on any atom is 0.234 e. The Morgan fingerprint density at radius 2 is 2.50 bits per heavy atom. The number of alkyl halides is 1. The van der Waals surface area contributed by atoms with Gasteiger partial charge in [-0.3, -0.25) is 0 Å². The SMILES string of the molecule is CC(CCl)CN=C=O. The number of rotatable bonds is 3. The first kappa shape index (κ1) is 7.67. The van der Waals surface area contributed by atoms with Crippen molar-refractivity contribution in [2.75, 3.05) is 12.4 Å². The molecule has 1 atom stereocenters. The second kappa shape index (κ2) is 4.82. The van der Waals surface area contributed by atoms with E-state index < -0.39 is 0 Å². The molecule has 0 heterocycles. The molecule has 0 bridgehead atoms. The molecular formula is C5H8ClNO. The van der Waals surface area contributed by atoms with Crippen molar-refractivity contribution in [1.29, 1.82) is 0 Å². The molecule has 0 aromatic rings. The maximum absolute atomic E-state index is 9.49. The summed E-state index contributed by atoms with van der Waals surface area (Å²) in [5.74, 6) is 0.837. The Balaban J connectivity index is 3.23. The molecule has 0 fully saturated rings. The number of hydrogen-bond acceptors (Lipinski definition) is 2. The average Bonchev–Trinajstić information content (AvgIpc) is 1.83. The first-order valence-electron chi connectivity index (χ1n) is 2.41. The van der Waals surface area contributed by atoms with Crippen molar-refractivity contribution < 1.29 is 4.79 Å². The van der Waals surface area contributed by atoms with Crippen molar-refractivity contribution >= 4 is 17.7 Å². The largest absolute Gasteiger partial charge is 0.234 e. The third kappa shape index (κ3) is 3.85. The van der Waals surface area contributed by atoms with Gasteiger partial charge in [0.25, 0.3) is 0 Å². The fourth-order valence-electron chi connectivity index (χ4n) is 0.242. The number of nitrogens with zero attached hydrogens (tertiary/aromatic N) is 1. The van der Waals surface area contributed by atoms with Crippen LogP contribution < -0.4 is 0 Å². The third-order valence-corrected chi connectivity index (χ3v) is 1.26. The van der Waals surface area contributed by atoms with Gasteiger partial charge in [-0.2, -0.15) is 0 Å². The van der Waals surface area contributed by atoms with E-state index in [0.29, 0.717) is 12.4 Å². The predicted octanol–water partition coefficient (Wildman–Crippen LogP) is 1.20. The summed E-state index contributed by atoms with van der Waals surface area (Å²) in [7, 11) is 0. The minimum absolute atomic E-state index is 0.290. The van der Waals surface area contributed by atoms with Gasteiger partial charge in [0, 0.05) is 5.88 Å². The first-order chi connectivity index (χ1) is 3.81. The lowest BCUT2D eigenvalue weighted by atomic mass is 10.2. The minimum Gasteiger partial charge on any atom is -0.211 e. The molecular weight excluding hydrogens is 126 g/mol. The average molecular weight is 134 g/mol. The van der Waals surface area contributed by atoms with Gasteiger partial charge in [0.1, 0.15) is 0 Å². The van der Waals surface area contributed by atoms with Crippen molar-refractivity contribution in [2.45, 2.75) is 6.92 Å². The molecule has 0 aromatic carbocycles. The second-order valence-corrected chi connectivity index (χ2v) is 2.00. The summed E-state index contributed by atoms with van der Waals surface area (Å²) in [6, 6.07) is 0. The highest BCUT2D eigenvalue weighted by molar-refractivity contribution is 6.18. The normalized spacial score (nSPS) is 12.2. The molecule has 0 amide bonds. The number of isocyanates is 1. The van der Waals surface area contributed by atoms with Gasteiger partial charge >= 0.3 is 0 Å². The standard InChI is InChI=1S/C5H8ClNO/c1-5(2-6)3-7-4-8/h5H,2-3H2,1H3. The van der Waals surface area contributed by atoms with Gasteiger partial charge in [-0.25, -0.2) is 9.79 Å². The van der Waals surface area contributed by atoms with E-state index in [1.807, 2.05) is 6.92 Å². The lowest BCUT2D eigenvalue weighted by Gasteiger charge is -1.96. The molecule has 8 heavy (non-hydrogen) atoms. The van der Waals surface area contributed by atoms with E-state index in [0.717, 1.165) is 0 Å². The second-order valence-electron chi connectivity index (χ2n) is 1.69. The molecule has 0 radical (unpaired) electrons. The van der Waals surface area contributed by atoms with Crippen LogP contribution in [0.3, 0.4) is 0 Å². The van der Waals surface area contributed by atoms with Crippen LogP contribution in [0.25, 0.3) is 0 Å². The van der Waals surface area contributed by atoms with Gasteiger partial charge in [-0.15, -0.1) is 11.6 Å². The van der Waals surface area contributed by atoms with Crippen molar-refractivity contribution in [3.05, 3.63) is 0 Å². The highest BCUT2D eigenvalue weighted by Gasteiger charge is 1.94. The van der Waals surface area contributed by atoms with E-state index >= 15 is 0 Å². The van der Waals surface area contributed by atoms with Crippen LogP contribution >= 0.6 is 11.6 Å². The van der Waals surface area contributed by atoms with Crippen LogP contribution in [0.1, 0.15) is 6.92 Å². The zero-order chi connectivity index (χ0) is 6.41. The predicted molar refractivity (Wildman–Crippen MR) is 32.9 cm³/mol. The zero-order valence-corrected chi connectivity index (χ0v) is 5.48. The van der Waals surface area contributed by atoms with E-state index in [-0.39, 0.29) is 5.92 Å². The molecule has 0 N–H and O–H groups in total. The monoisotopic (exact) mass is 133 g/mol. The van der Waals surface area contributed by atoms with Gasteiger partial charge in [-0.05, 0) is 5.92 Å². The van der Waals surface area contributed by atoms with Crippen LogP contribution in [-0.4, -0.2) is 18.5 Å². The lowest BCUT2D eigenvalue weighted by molar-refractivity contribution is 0.558. The molecule has 0 rings (SSSR count). The summed E-state index contributed by atoms with van der Waals surface area (Å²) in [4.78, 5) is 12.8. The Labute approximate surface area is 53.6 Å². The van der Waals surface area contributed by atoms with Gasteiger partial charge < -0.3 is 0 Å². The van der Waals surface area contributed by atoms with Crippen LogP contribution in [-0.2, 0) is 4.79 Å². The van der Waals surface area contributed by atoms with Gasteiger partial charge in [0.05, 0.1) is 6.54 Å². The van der Waals surface area contributed by atoms with Crippen molar-refractivity contribution in [1.82, 2.24) is 0 Å². The highest BCUT2D eigenvalue weighted by Crippen LogP contribution is 1.96. The lowest BCUT2D eigenvalue weighted by Crippen LogP contribution is -1.99. The number of aliphatic imine (C=N–C) groups is 1. The highest BCUT2D eigenvalue weighted by atomic mass is 35.5. The summed E-state index contributed by atoms with van der Waals surface area (Å²) < 4.78 is 0. The van der Waals surface area contributed by atoms with Gasteiger partial charge in [-0.1, -0.05) is 6.92 Å². The van der Waals surface area contributed by atoms with Crippen LogP contribution in [0.5, 0.6) is 0 Å². The van der Waals surface area contributed by atoms with E-state index in [9.17, 15) is 4.79 Å². The van der Waals surface area contributed by atoms with E-state index in [2.05, 4.69) is 4.99 Å². The topological polar surface area (TPSA) is 29.4 Å². The molecule has 1 unspecified atom stereocenters. The Kier molecular flexibility index (Phi) is 4.62. The van der Waals surface area contributed by atoms with E-state index in [4.69, 9.17) is 11.6 Å². The van der Waals surface area contributed by atoms with Crippen molar-refractivity contribution in [3.8, 4) is 0 Å². The first-order valence-corrected chi connectivity index (χ1v) is 2.94. The minimum atomic E-state index is 0.290. The fraction of sp³-hybridized carbons (Fsp3) is 0.800. The summed E-state index contributed by atoms with van der Waals surface area (Å²) >= 11 is 5.40. The Morgan fingerprint density at radius 3 is 2.88 bits per heavy atom. The smallest absolute Gasteiger partial charge is 0.211 e. The summed E-state index contributed by atoms with van der Waals surface area (Å²) in [5, 5.41) is 0. The van der Waals surface area contributed by atoms with Crippen molar-refractivity contribution in [2.24, 2.45) is 10.9 Å². The summed E-state index contributed by atoms with van der Waals surface area (Å²) in [5.41, 5.74) is 0. The number of hydrogen-bond donors (Lipinski definition) is 0. The molecule has 0 saturated heterocycles. The van der Waals surface area contributed by atoms with Crippen molar-refractivity contribution in [3.63, 3.8) is 0 Å². The molecule has 0 aliphatic rings. The molecule has 2 nitrogen and oxygen atoms in total. The quantitative estimate of drug-likeness (QED) is 0.323. The Morgan fingerprint density at radius 1 is 1.88 bits per heavy atom. The van der Waals surface area contributed by atoms with Crippen LogP contribution in [0, 0.1) is 5.92 Å².